The van der Waals surface area contributed by atoms with Crippen LogP contribution in [0.1, 0.15) is 81.1 Å². The van der Waals surface area contributed by atoms with E-state index in [1.54, 1.807) is 48.5 Å². The maximum absolute atomic E-state index is 13.3. The summed E-state index contributed by atoms with van der Waals surface area (Å²) in [5, 5.41) is 11.0. The Bertz CT molecular complexity index is 1320. The van der Waals surface area contributed by atoms with E-state index in [0.717, 1.165) is 0 Å². The Morgan fingerprint density at radius 3 is 1.74 bits per heavy atom. The molecule has 2 unspecified atom stereocenters. The van der Waals surface area contributed by atoms with Gasteiger partial charge in [-0.2, -0.15) is 0 Å². The van der Waals surface area contributed by atoms with Gasteiger partial charge in [-0.1, -0.05) is 0 Å². The van der Waals surface area contributed by atoms with Crippen LogP contribution in [0.3, 0.4) is 0 Å². The van der Waals surface area contributed by atoms with Crippen LogP contribution in [-0.2, 0) is 61.8 Å². The van der Waals surface area contributed by atoms with Gasteiger partial charge >= 0.3 is 6.09 Å². The summed E-state index contributed by atoms with van der Waals surface area (Å²) in [6.07, 6.45) is -6.30. The van der Waals surface area contributed by atoms with Gasteiger partial charge in [-0.05, 0) is 55.4 Å². The summed E-state index contributed by atoms with van der Waals surface area (Å²) >= 11 is 0. The lowest BCUT2D eigenvalue weighted by Crippen LogP contribution is -2.52. The molecule has 0 radical (unpaired) electrons. The van der Waals surface area contributed by atoms with Gasteiger partial charge < -0.3 is 63.9 Å². The fourth-order valence-electron chi connectivity index (χ4n) is 6.89. The van der Waals surface area contributed by atoms with E-state index in [1.807, 2.05) is 0 Å². The van der Waals surface area contributed by atoms with Gasteiger partial charge in [0.1, 0.15) is 41.9 Å². The standard InChI is InChI=1S/C35H58N4O14/c1-18(40)11-13-36-23(43)16-20(25-27(46-10)29-31(48-25)52-35(7,8)50-29)39-21(41)12-14-37-22(42)15-19(17-38-32(44)53-33(2,3)4)24-26(45-9)28-30(47-24)51-34(5,6)49-28/h19-20,24-31H,11-17H2,1-10H3,(H,36,43)(H,37,42)(H,38,44)(H,39,41)/t19?,20?,24-,25-,26+,27+,28-,29-,30-,31-/m1/s1. The summed E-state index contributed by atoms with van der Waals surface area (Å²) in [6.45, 7) is 13.8. The summed E-state index contributed by atoms with van der Waals surface area (Å²) in [7, 11) is 2.99. The lowest BCUT2D eigenvalue weighted by atomic mass is 9.93. The number of fused-ring (bicyclic) bond motifs is 2. The summed E-state index contributed by atoms with van der Waals surface area (Å²) < 4.78 is 52.9. The van der Waals surface area contributed by atoms with E-state index in [-0.39, 0.29) is 51.1 Å². The number of rotatable bonds is 17. The molecule has 0 aromatic carbocycles. The average Bonchev–Trinajstić information content (AvgIpc) is 3.71. The maximum Gasteiger partial charge on any atom is 0.407 e. The number of ketones is 1. The van der Waals surface area contributed by atoms with Crippen molar-refractivity contribution >= 4 is 29.6 Å². The van der Waals surface area contributed by atoms with Crippen LogP contribution in [0.2, 0.25) is 0 Å². The van der Waals surface area contributed by atoms with Gasteiger partial charge in [-0.3, -0.25) is 19.2 Å². The third-order valence-corrected chi connectivity index (χ3v) is 9.04. The topological polar surface area (TPSA) is 217 Å². The zero-order chi connectivity index (χ0) is 39.3. The molecule has 4 fully saturated rings. The molecule has 18 heteroatoms. The summed E-state index contributed by atoms with van der Waals surface area (Å²) in [5.74, 6) is -3.73. The van der Waals surface area contributed by atoms with Crippen molar-refractivity contribution < 1.29 is 66.6 Å². The molecule has 0 aromatic heterocycles. The zero-order valence-corrected chi connectivity index (χ0v) is 32.4. The van der Waals surface area contributed by atoms with Gasteiger partial charge in [-0.25, -0.2) is 4.79 Å². The molecule has 4 aliphatic heterocycles. The lowest BCUT2D eigenvalue weighted by Gasteiger charge is -2.31. The Labute approximate surface area is 310 Å². The first-order valence-corrected chi connectivity index (χ1v) is 18.1. The van der Waals surface area contributed by atoms with Crippen molar-refractivity contribution in [3.05, 3.63) is 0 Å². The second-order valence-electron chi connectivity index (χ2n) is 15.7. The number of carbonyl (C=O) groups is 5. The van der Waals surface area contributed by atoms with Gasteiger partial charge in [0.15, 0.2) is 24.2 Å². The van der Waals surface area contributed by atoms with E-state index >= 15 is 0 Å². The maximum atomic E-state index is 13.3. The predicted molar refractivity (Wildman–Crippen MR) is 184 cm³/mol. The molecule has 4 N–H and O–H groups in total. The highest BCUT2D eigenvalue weighted by Crippen LogP contribution is 2.42. The highest BCUT2D eigenvalue weighted by atomic mass is 16.9. The van der Waals surface area contributed by atoms with E-state index in [0.29, 0.717) is 0 Å². The van der Waals surface area contributed by atoms with E-state index in [1.165, 1.54) is 21.1 Å². The third-order valence-electron chi connectivity index (χ3n) is 9.04. The number of hydrogen-bond donors (Lipinski definition) is 4. The number of ether oxygens (including phenoxy) is 9. The normalized spacial score (nSPS) is 30.8. The minimum atomic E-state index is -0.908. The van der Waals surface area contributed by atoms with E-state index < -0.39 is 102 Å². The molecule has 4 heterocycles. The number of alkyl carbamates (subject to hydrolysis) is 1. The molecule has 10 atom stereocenters. The van der Waals surface area contributed by atoms with E-state index in [9.17, 15) is 24.0 Å². The number of Topliss-reactive ketones (excluding diaryl/α,β-unsaturated/α-hetero) is 1. The molecule has 0 saturated carbocycles. The zero-order valence-electron chi connectivity index (χ0n) is 32.4. The van der Waals surface area contributed by atoms with E-state index in [2.05, 4.69) is 21.3 Å². The fraction of sp³-hybridized carbons (Fsp3) is 0.857. The second-order valence-corrected chi connectivity index (χ2v) is 15.7. The van der Waals surface area contributed by atoms with Crippen LogP contribution >= 0.6 is 0 Å². The fourth-order valence-corrected chi connectivity index (χ4v) is 6.89. The summed E-state index contributed by atoms with van der Waals surface area (Å²) in [6, 6.07) is -0.857. The molecule has 0 aromatic rings. The van der Waals surface area contributed by atoms with Crippen molar-refractivity contribution in [3.8, 4) is 0 Å². The highest BCUT2D eigenvalue weighted by Gasteiger charge is 2.58. The largest absolute Gasteiger partial charge is 0.444 e. The molecular formula is C35H58N4O14. The van der Waals surface area contributed by atoms with Crippen LogP contribution in [0.4, 0.5) is 4.79 Å². The number of hydrogen-bond acceptors (Lipinski definition) is 14. The second kappa shape index (κ2) is 17.7. The molecule has 302 valence electrons. The smallest absolute Gasteiger partial charge is 0.407 e. The number of nitrogens with one attached hydrogen (secondary N) is 4. The van der Waals surface area contributed by atoms with E-state index in [4.69, 9.17) is 42.6 Å². The van der Waals surface area contributed by atoms with Crippen LogP contribution in [0.5, 0.6) is 0 Å². The Morgan fingerprint density at radius 2 is 1.21 bits per heavy atom. The summed E-state index contributed by atoms with van der Waals surface area (Å²) in [5.41, 5.74) is -0.731. The van der Waals surface area contributed by atoms with Crippen molar-refractivity contribution in [3.63, 3.8) is 0 Å². The van der Waals surface area contributed by atoms with Gasteiger partial charge in [0.05, 0.1) is 12.1 Å². The Balaban J connectivity index is 1.36. The minimum absolute atomic E-state index is 0.0149. The lowest BCUT2D eigenvalue weighted by molar-refractivity contribution is -0.222. The van der Waals surface area contributed by atoms with Crippen LogP contribution < -0.4 is 21.3 Å². The molecule has 0 aliphatic carbocycles. The molecule has 53 heavy (non-hydrogen) atoms. The first-order chi connectivity index (χ1) is 24.7. The van der Waals surface area contributed by atoms with Crippen molar-refractivity contribution in [1.29, 1.82) is 0 Å². The van der Waals surface area contributed by atoms with Crippen LogP contribution in [0.25, 0.3) is 0 Å². The molecule has 18 nitrogen and oxygen atoms in total. The molecule has 4 aliphatic rings. The molecule has 4 saturated heterocycles. The average molecular weight is 759 g/mol. The molecular weight excluding hydrogens is 700 g/mol. The van der Waals surface area contributed by atoms with Crippen molar-refractivity contribution in [2.75, 3.05) is 33.9 Å². The van der Waals surface area contributed by atoms with Gasteiger partial charge in [-0.15, -0.1) is 0 Å². The number of methoxy groups -OCH3 is 2. The quantitative estimate of drug-likeness (QED) is 0.161. The molecule has 4 amide bonds. The first kappa shape index (κ1) is 42.8. The first-order valence-electron chi connectivity index (χ1n) is 18.1. The van der Waals surface area contributed by atoms with Crippen molar-refractivity contribution in [2.45, 2.75) is 153 Å². The number of carbonyl (C=O) groups excluding carboxylic acids is 5. The van der Waals surface area contributed by atoms with Crippen LogP contribution in [-0.4, -0.2) is 136 Å². The minimum Gasteiger partial charge on any atom is -0.444 e. The number of amides is 4. The molecule has 4 rings (SSSR count). The Morgan fingerprint density at radius 1 is 0.698 bits per heavy atom. The molecule has 0 bridgehead atoms. The van der Waals surface area contributed by atoms with Crippen LogP contribution in [0.15, 0.2) is 0 Å². The molecule has 0 spiro atoms. The third kappa shape index (κ3) is 12.0. The van der Waals surface area contributed by atoms with Crippen molar-refractivity contribution in [2.24, 2.45) is 5.92 Å². The monoisotopic (exact) mass is 758 g/mol. The van der Waals surface area contributed by atoms with Gasteiger partial charge in [0.25, 0.3) is 0 Å². The van der Waals surface area contributed by atoms with Gasteiger partial charge in [0, 0.05) is 65.5 Å². The summed E-state index contributed by atoms with van der Waals surface area (Å²) in [4.78, 5) is 63.3. The predicted octanol–water partition coefficient (Wildman–Crippen LogP) is 0.777. The van der Waals surface area contributed by atoms with Crippen LogP contribution in [0, 0.1) is 5.92 Å². The Hall–Kier alpha value is -2.97. The van der Waals surface area contributed by atoms with Crippen molar-refractivity contribution in [1.82, 2.24) is 21.3 Å². The highest BCUT2D eigenvalue weighted by molar-refractivity contribution is 5.82. The Kier molecular flexibility index (Phi) is 14.3. The SMILES string of the molecule is CO[C@@H]1[C@H]2OC(C)(C)O[C@H]2O[C@@H]1C(CNC(=O)OC(C)(C)C)CC(=O)NCCC(=O)NC(CC(=O)NCCC(C)=O)[C@H]1O[C@@H]2OC(C)(C)O[C@@H]2[C@H]1OC. The van der Waals surface area contributed by atoms with Gasteiger partial charge in [0.2, 0.25) is 17.7 Å².